The first-order chi connectivity index (χ1) is 11.5. The number of ether oxygens (including phenoxy) is 1. The molecule has 6 heteroatoms. The highest BCUT2D eigenvalue weighted by atomic mass is 35.5. The summed E-state index contributed by atoms with van der Waals surface area (Å²) in [6.45, 7) is 7.58. The Labute approximate surface area is 144 Å². The van der Waals surface area contributed by atoms with Crippen molar-refractivity contribution in [3.8, 4) is 11.1 Å². The van der Waals surface area contributed by atoms with Crippen molar-refractivity contribution in [2.45, 2.75) is 0 Å². The van der Waals surface area contributed by atoms with Crippen molar-refractivity contribution in [1.29, 1.82) is 0 Å². The zero-order valence-corrected chi connectivity index (χ0v) is 14.2. The van der Waals surface area contributed by atoms with Crippen LogP contribution in [0.15, 0.2) is 42.2 Å². The molecule has 1 aromatic carbocycles. The number of aromatic nitrogens is 1. The van der Waals surface area contributed by atoms with Gasteiger partial charge in [-0.1, -0.05) is 43.0 Å². The Morgan fingerprint density at radius 3 is 2.46 bits per heavy atom. The van der Waals surface area contributed by atoms with Crippen LogP contribution < -0.4 is 10.9 Å². The third-order valence-corrected chi connectivity index (χ3v) is 3.94. The maximum Gasteiger partial charge on any atom is 0.263 e. The summed E-state index contributed by atoms with van der Waals surface area (Å²) >= 11 is 5.95. The van der Waals surface area contributed by atoms with E-state index in [1.54, 1.807) is 37.4 Å². The zero-order valence-electron chi connectivity index (χ0n) is 13.4. The molecular formula is C18H17ClN2O3. The summed E-state index contributed by atoms with van der Waals surface area (Å²) in [7, 11) is 3.00. The molecule has 1 aromatic heterocycles. The molecule has 24 heavy (non-hydrogen) atoms. The lowest BCUT2D eigenvalue weighted by Gasteiger charge is -2.20. The monoisotopic (exact) mass is 344 g/mol. The number of hydrogen-bond acceptors (Lipinski definition) is 3. The van der Waals surface area contributed by atoms with Gasteiger partial charge in [0.2, 0.25) is 6.41 Å². The van der Waals surface area contributed by atoms with E-state index < -0.39 is 0 Å². The second-order valence-corrected chi connectivity index (χ2v) is 5.41. The van der Waals surface area contributed by atoms with Crippen molar-refractivity contribution in [2.24, 2.45) is 7.05 Å². The molecule has 5 nitrogen and oxygen atoms in total. The van der Waals surface area contributed by atoms with Crippen molar-refractivity contribution in [1.82, 2.24) is 4.57 Å². The summed E-state index contributed by atoms with van der Waals surface area (Å²) in [4.78, 5) is 23.7. The van der Waals surface area contributed by atoms with Crippen LogP contribution in [0.4, 0.5) is 5.82 Å². The van der Waals surface area contributed by atoms with Gasteiger partial charge in [0.25, 0.3) is 5.56 Å². The second kappa shape index (κ2) is 7.19. The molecule has 124 valence electrons. The highest BCUT2D eigenvalue weighted by molar-refractivity contribution is 6.30. The summed E-state index contributed by atoms with van der Waals surface area (Å²) < 4.78 is 6.50. The lowest BCUT2D eigenvalue weighted by Crippen LogP contribution is -2.26. The van der Waals surface area contributed by atoms with E-state index in [1.807, 2.05) is 0 Å². The summed E-state index contributed by atoms with van der Waals surface area (Å²) in [6, 6.07) is 7.05. The lowest BCUT2D eigenvalue weighted by atomic mass is 9.95. The Balaban J connectivity index is 2.97. The Kier molecular flexibility index (Phi) is 5.26. The zero-order chi connectivity index (χ0) is 17.9. The average molecular weight is 345 g/mol. The predicted octanol–water partition coefficient (Wildman–Crippen LogP) is 3.53. The molecule has 0 aliphatic rings. The van der Waals surface area contributed by atoms with Gasteiger partial charge in [0.05, 0.1) is 12.7 Å². The van der Waals surface area contributed by atoms with Crippen LogP contribution in [0.5, 0.6) is 0 Å². The number of carbonyl (C=O) groups excluding carboxylic acids is 1. The fourth-order valence-corrected chi connectivity index (χ4v) is 2.64. The standard InChI is InChI=1S/C18H17ClN2O3/c1-5-14-15(11(2)24-4)18(23)21(3)17(20-10-22)16(14)12-6-8-13(19)9-7-12/h5-10H,1-2H2,3-4H3,(H,20,22). The summed E-state index contributed by atoms with van der Waals surface area (Å²) in [5.41, 5.74) is 1.86. The Hall–Kier alpha value is -2.79. The number of pyridine rings is 1. The number of halogens is 1. The van der Waals surface area contributed by atoms with E-state index in [0.29, 0.717) is 28.4 Å². The van der Waals surface area contributed by atoms with Crippen LogP contribution in [-0.4, -0.2) is 18.1 Å². The molecule has 1 amide bonds. The van der Waals surface area contributed by atoms with Gasteiger partial charge in [0.1, 0.15) is 11.6 Å². The molecule has 0 atom stereocenters. The van der Waals surface area contributed by atoms with Gasteiger partial charge in [0, 0.05) is 23.2 Å². The fourth-order valence-electron chi connectivity index (χ4n) is 2.51. The number of nitrogens with one attached hydrogen (secondary N) is 1. The molecule has 0 aliphatic carbocycles. The number of carbonyl (C=O) groups is 1. The lowest BCUT2D eigenvalue weighted by molar-refractivity contribution is -0.105. The maximum atomic E-state index is 12.7. The van der Waals surface area contributed by atoms with E-state index in [0.717, 1.165) is 5.56 Å². The van der Waals surface area contributed by atoms with Crippen LogP contribution in [0.25, 0.3) is 23.0 Å². The van der Waals surface area contributed by atoms with Gasteiger partial charge < -0.3 is 10.1 Å². The van der Waals surface area contributed by atoms with E-state index in [1.165, 1.54) is 11.7 Å². The van der Waals surface area contributed by atoms with Crippen molar-refractivity contribution >= 4 is 35.7 Å². The molecule has 0 radical (unpaired) electrons. The third kappa shape index (κ3) is 2.98. The van der Waals surface area contributed by atoms with E-state index in [9.17, 15) is 9.59 Å². The minimum atomic E-state index is -0.348. The van der Waals surface area contributed by atoms with E-state index in [-0.39, 0.29) is 16.9 Å². The Bertz CT molecular complexity index is 867. The molecule has 0 aliphatic heterocycles. The first-order valence-electron chi connectivity index (χ1n) is 7.05. The SMILES string of the molecule is C=Cc1c(-c2ccc(Cl)cc2)c(NC=O)n(C)c(=O)c1C(=C)OC. The molecule has 2 aromatic rings. The topological polar surface area (TPSA) is 60.3 Å². The average Bonchev–Trinajstić information content (AvgIpc) is 2.59. The number of hydrogen-bond donors (Lipinski definition) is 1. The molecule has 1 heterocycles. The van der Waals surface area contributed by atoms with Crippen LogP contribution in [-0.2, 0) is 16.6 Å². The van der Waals surface area contributed by atoms with E-state index in [2.05, 4.69) is 18.5 Å². The smallest absolute Gasteiger partial charge is 0.263 e. The van der Waals surface area contributed by atoms with E-state index >= 15 is 0 Å². The van der Waals surface area contributed by atoms with Crippen LogP contribution in [0, 0.1) is 0 Å². The maximum absolute atomic E-state index is 12.7. The fraction of sp³-hybridized carbons (Fsp3) is 0.111. The molecule has 0 bridgehead atoms. The summed E-state index contributed by atoms with van der Waals surface area (Å²) in [5.74, 6) is 0.568. The number of amides is 1. The van der Waals surface area contributed by atoms with Crippen molar-refractivity contribution in [3.63, 3.8) is 0 Å². The van der Waals surface area contributed by atoms with Crippen molar-refractivity contribution in [2.75, 3.05) is 12.4 Å². The predicted molar refractivity (Wildman–Crippen MR) is 97.9 cm³/mol. The highest BCUT2D eigenvalue weighted by Crippen LogP contribution is 2.35. The molecule has 0 saturated carbocycles. The number of anilines is 1. The molecule has 0 saturated heterocycles. The number of methoxy groups -OCH3 is 1. The number of rotatable bonds is 6. The van der Waals surface area contributed by atoms with Crippen molar-refractivity contribution < 1.29 is 9.53 Å². The minimum Gasteiger partial charge on any atom is -0.497 e. The molecule has 2 rings (SSSR count). The Morgan fingerprint density at radius 1 is 1.33 bits per heavy atom. The quantitative estimate of drug-likeness (QED) is 0.644. The van der Waals surface area contributed by atoms with Crippen LogP contribution in [0.2, 0.25) is 5.02 Å². The first-order valence-corrected chi connectivity index (χ1v) is 7.42. The van der Waals surface area contributed by atoms with Gasteiger partial charge in [-0.3, -0.25) is 14.2 Å². The van der Waals surface area contributed by atoms with Gasteiger partial charge in [-0.05, 0) is 17.7 Å². The largest absolute Gasteiger partial charge is 0.497 e. The van der Waals surface area contributed by atoms with Crippen molar-refractivity contribution in [3.05, 3.63) is 63.9 Å². The van der Waals surface area contributed by atoms with Gasteiger partial charge in [-0.2, -0.15) is 0 Å². The molecule has 0 fully saturated rings. The normalized spacial score (nSPS) is 10.1. The molecule has 1 N–H and O–H groups in total. The molecule has 0 spiro atoms. The van der Waals surface area contributed by atoms with Crippen LogP contribution in [0.1, 0.15) is 11.1 Å². The number of nitrogens with zero attached hydrogens (tertiary/aromatic N) is 1. The van der Waals surface area contributed by atoms with Gasteiger partial charge in [0.15, 0.2) is 0 Å². The van der Waals surface area contributed by atoms with Crippen LogP contribution >= 0.6 is 11.6 Å². The van der Waals surface area contributed by atoms with Crippen LogP contribution in [0.3, 0.4) is 0 Å². The Morgan fingerprint density at radius 2 is 1.96 bits per heavy atom. The summed E-state index contributed by atoms with van der Waals surface area (Å²) in [5, 5.41) is 3.17. The number of benzene rings is 1. The molecule has 0 unspecified atom stereocenters. The first kappa shape index (κ1) is 17.6. The van der Waals surface area contributed by atoms with Gasteiger partial charge >= 0.3 is 0 Å². The highest BCUT2D eigenvalue weighted by Gasteiger charge is 2.22. The third-order valence-electron chi connectivity index (χ3n) is 3.69. The van der Waals surface area contributed by atoms with E-state index in [4.69, 9.17) is 16.3 Å². The second-order valence-electron chi connectivity index (χ2n) is 4.98. The molecular weight excluding hydrogens is 328 g/mol. The van der Waals surface area contributed by atoms with Gasteiger partial charge in [-0.15, -0.1) is 0 Å². The van der Waals surface area contributed by atoms with Gasteiger partial charge in [-0.25, -0.2) is 0 Å². The summed E-state index contributed by atoms with van der Waals surface area (Å²) in [6.07, 6.45) is 2.06. The minimum absolute atomic E-state index is 0.221.